The molecule has 26 rings (SSSR count). The van der Waals surface area contributed by atoms with Crippen molar-refractivity contribution in [2.45, 2.75) is 20.3 Å². The molecule has 0 saturated heterocycles. The van der Waals surface area contributed by atoms with Crippen molar-refractivity contribution in [2.75, 3.05) is 19.6 Å². The van der Waals surface area contributed by atoms with Crippen LogP contribution >= 0.6 is 0 Å². The van der Waals surface area contributed by atoms with Gasteiger partial charge in [0.1, 0.15) is 34.8 Å². The minimum absolute atomic E-state index is 0. The van der Waals surface area contributed by atoms with Crippen molar-refractivity contribution < 1.29 is 47.3 Å². The first-order valence-corrected chi connectivity index (χ1v) is 47.3. The van der Waals surface area contributed by atoms with Gasteiger partial charge in [0.2, 0.25) is 0 Å². The molecular weight excluding hydrogens is 1960 g/mol. The molecule has 10 nitrogen and oxygen atoms in total. The summed E-state index contributed by atoms with van der Waals surface area (Å²) in [5.74, 6) is -2.89. The summed E-state index contributed by atoms with van der Waals surface area (Å²) >= 11 is 0. The van der Waals surface area contributed by atoms with Crippen molar-refractivity contribution in [3.05, 3.63) is 485 Å². The quantitative estimate of drug-likeness (QED) is 0.0306. The molecule has 0 unspecified atom stereocenters. The number of benzene rings is 24. The molecule has 26 aromatic rings. The zero-order valence-electron chi connectivity index (χ0n) is 77.7. The molecule has 15 heteroatoms. The molecule has 0 radical (unpaired) electrons. The van der Waals surface area contributed by atoms with Crippen LogP contribution in [0.4, 0.5) is 85.8 Å². The van der Waals surface area contributed by atoms with Gasteiger partial charge < -0.3 is 29.6 Å². The van der Waals surface area contributed by atoms with E-state index in [1.165, 1.54) is 38.1 Å². The first-order chi connectivity index (χ1) is 70.2. The summed E-state index contributed by atoms with van der Waals surface area (Å²) in [6.45, 7) is 2.81. The summed E-state index contributed by atoms with van der Waals surface area (Å²) < 4.78 is 59.9. The number of nitrogens with zero attached hydrogens (tertiary/aromatic N) is 8. The fraction of sp³-hybridized carbons (Fsp3) is 0.0233. The Bertz CT molecular complexity index is 8830. The molecule has 0 amide bonds. The number of anilines is 12. The number of Topliss-reactive ketones (excluding diaryl/α,β-unsaturated/α-hetero) is 2. The van der Waals surface area contributed by atoms with E-state index < -0.39 is 23.3 Å². The molecule has 2 heterocycles. The third-order valence-corrected chi connectivity index (χ3v) is 26.7. The first kappa shape index (κ1) is 89.9. The maximum Gasteiger partial charge on any atom is 3.00 e. The Balaban J connectivity index is 0.000000149. The van der Waals surface area contributed by atoms with Gasteiger partial charge in [-0.2, -0.15) is 0 Å². The monoisotopic (exact) mass is 2040 g/mol. The van der Waals surface area contributed by atoms with E-state index in [0.717, 1.165) is 210 Å². The number of halogens is 4. The Hall–Kier alpha value is -18.0. The van der Waals surface area contributed by atoms with Gasteiger partial charge in [0.05, 0.1) is 63.0 Å². The summed E-state index contributed by atoms with van der Waals surface area (Å²) in [4.78, 5) is 50.5. The van der Waals surface area contributed by atoms with Crippen molar-refractivity contribution in [3.63, 3.8) is 0 Å². The fourth-order valence-electron chi connectivity index (χ4n) is 20.8. The number of para-hydroxylation sites is 4. The van der Waals surface area contributed by atoms with Crippen molar-refractivity contribution in [2.24, 2.45) is 0 Å². The second-order valence-electron chi connectivity index (χ2n) is 35.8. The van der Waals surface area contributed by atoms with Crippen LogP contribution in [0, 0.1) is 35.4 Å². The predicted molar refractivity (Wildman–Crippen MR) is 582 cm³/mol. The fourth-order valence-corrected chi connectivity index (χ4v) is 20.8. The molecule has 144 heavy (non-hydrogen) atoms. The normalized spacial score (nSPS) is 11.4. The van der Waals surface area contributed by atoms with E-state index in [0.29, 0.717) is 44.6 Å². The standard InChI is InChI=1S/2C62H37F2N4.C5H8O2.Ir/c2*63-44-34-43(35-45(64)36-44)56-38-65-59-55-37-48(67(46-20-3-1-4-21-46)61-49-24-11-7-16-39(49)32-40-17-8-12-25-50(40)61)30-31-53(55)54-28-15-29-57(58(54)60(59)66-56)68(47-22-5-2-6-23-47)62-51-26-13-9-18-41(51)33-42-19-10-14-27-52(42)62;1-4(6)3-5(2)7;/h2*1-36,38H;3H2,1-2H3;/q2*-1;;+3. The Morgan fingerprint density at radius 2 is 0.493 bits per heavy atom. The van der Waals surface area contributed by atoms with Crippen LogP contribution in [0.1, 0.15) is 20.3 Å². The SMILES string of the molecule is CC(=O)CC(C)=O.Fc1cc(F)cc(-c2cnc3c4[c-]c(N(c5ccccc5)c5c6ccccc6cc6ccccc56)ccc4c4cccc(N(c5ccccc5)c5c6ccccc6cc6ccccc56)c4c3n2)c1.Fc1cc(F)cc(-c2cnc3c4[c-]c(N(c5ccccc5)c5c6ccccc6cc6ccccc56)ccc4c4cccc(N(c5ccccc5)c5c6ccccc6cc6ccccc56)c4c3n2)c1.[Ir+3]. The van der Waals surface area contributed by atoms with Gasteiger partial charge in [-0.3, -0.25) is 19.6 Å². The second-order valence-corrected chi connectivity index (χ2v) is 35.8. The molecule has 0 fully saturated rings. The van der Waals surface area contributed by atoms with E-state index in [-0.39, 0.29) is 38.1 Å². The third-order valence-electron chi connectivity index (χ3n) is 26.7. The second kappa shape index (κ2) is 38.0. The maximum absolute atomic E-state index is 15.0. The molecule has 0 saturated carbocycles. The average Bonchev–Trinajstić information content (AvgIpc) is 0.714. The van der Waals surface area contributed by atoms with Crippen LogP contribution in [-0.2, 0) is 29.7 Å². The van der Waals surface area contributed by atoms with Gasteiger partial charge >= 0.3 is 20.1 Å². The van der Waals surface area contributed by atoms with Crippen LogP contribution in [0.3, 0.4) is 0 Å². The molecular formula is C129H82F4IrN8O2+. The summed E-state index contributed by atoms with van der Waals surface area (Å²) in [6.07, 6.45) is 3.32. The number of ketones is 2. The van der Waals surface area contributed by atoms with Crippen LogP contribution in [0.15, 0.2) is 449 Å². The summed E-state index contributed by atoms with van der Waals surface area (Å²) in [6, 6.07) is 155. The molecule has 0 aliphatic heterocycles. The van der Waals surface area contributed by atoms with E-state index >= 15 is 0 Å². The molecule has 24 aromatic carbocycles. The van der Waals surface area contributed by atoms with Crippen molar-refractivity contribution in [1.82, 2.24) is 19.9 Å². The molecule has 0 atom stereocenters. The minimum atomic E-state index is -0.691. The molecule has 686 valence electrons. The first-order valence-electron chi connectivity index (χ1n) is 47.3. The summed E-state index contributed by atoms with van der Waals surface area (Å²) in [7, 11) is 0. The van der Waals surface area contributed by atoms with E-state index in [4.69, 9.17) is 19.9 Å². The summed E-state index contributed by atoms with van der Waals surface area (Å²) in [5.41, 5.74) is 15.0. The number of hydrogen-bond donors (Lipinski definition) is 0. The van der Waals surface area contributed by atoms with Crippen LogP contribution in [0.5, 0.6) is 0 Å². The number of hydrogen-bond acceptors (Lipinski definition) is 10. The maximum atomic E-state index is 15.0. The smallest absolute Gasteiger partial charge is 0.327 e. The van der Waals surface area contributed by atoms with E-state index in [9.17, 15) is 27.2 Å². The van der Waals surface area contributed by atoms with Gasteiger partial charge in [0.25, 0.3) is 0 Å². The van der Waals surface area contributed by atoms with Crippen molar-refractivity contribution in [3.8, 4) is 22.5 Å². The Morgan fingerprint density at radius 1 is 0.250 bits per heavy atom. The predicted octanol–water partition coefficient (Wildman–Crippen LogP) is 35.0. The van der Waals surface area contributed by atoms with Gasteiger partial charge in [-0.15, -0.1) is 47.2 Å². The van der Waals surface area contributed by atoms with Crippen LogP contribution < -0.4 is 19.6 Å². The molecule has 0 bridgehead atoms. The van der Waals surface area contributed by atoms with Crippen LogP contribution in [0.2, 0.25) is 0 Å². The van der Waals surface area contributed by atoms with E-state index in [1.807, 2.05) is 24.3 Å². The van der Waals surface area contributed by atoms with Gasteiger partial charge in [0.15, 0.2) is 0 Å². The van der Waals surface area contributed by atoms with E-state index in [2.05, 4.69) is 408 Å². The molecule has 2 aromatic heterocycles. The van der Waals surface area contributed by atoms with Crippen molar-refractivity contribution in [1.29, 1.82) is 0 Å². The number of aromatic nitrogens is 4. The third kappa shape index (κ3) is 16.4. The molecule has 0 aliphatic rings. The number of rotatable bonds is 16. The topological polar surface area (TPSA) is 98.7 Å². The van der Waals surface area contributed by atoms with Gasteiger partial charge in [-0.05, 0) is 188 Å². The van der Waals surface area contributed by atoms with Gasteiger partial charge in [0, 0.05) is 123 Å². The van der Waals surface area contributed by atoms with Crippen LogP contribution in [0.25, 0.3) is 174 Å². The Kier molecular flexibility index (Phi) is 23.7. The van der Waals surface area contributed by atoms with Crippen LogP contribution in [-0.4, -0.2) is 31.5 Å². The molecule has 0 spiro atoms. The largest absolute Gasteiger partial charge is 3.00 e. The number of carbonyl (C=O) groups is 2. The average molecular weight is 2040 g/mol. The minimum Gasteiger partial charge on any atom is -0.327 e. The Morgan fingerprint density at radius 3 is 0.757 bits per heavy atom. The zero-order valence-corrected chi connectivity index (χ0v) is 80.1. The summed E-state index contributed by atoms with van der Waals surface area (Å²) in [5, 5.41) is 24.6. The van der Waals surface area contributed by atoms with Crippen molar-refractivity contribution >= 4 is 231 Å². The van der Waals surface area contributed by atoms with Gasteiger partial charge in [-0.25, -0.2) is 17.6 Å². The number of fused-ring (bicyclic) bond motifs is 20. The molecule has 0 aliphatic carbocycles. The zero-order chi connectivity index (χ0) is 96.5. The molecule has 0 N–H and O–H groups in total. The van der Waals surface area contributed by atoms with Gasteiger partial charge in [-0.1, -0.05) is 302 Å². The van der Waals surface area contributed by atoms with E-state index in [1.54, 1.807) is 12.4 Å². The Labute approximate surface area is 839 Å². The number of carbonyl (C=O) groups excluding carboxylic acids is 2.